The van der Waals surface area contributed by atoms with Crippen molar-refractivity contribution in [2.75, 3.05) is 5.32 Å². The average Bonchev–Trinajstić information content (AvgIpc) is 2.19. The van der Waals surface area contributed by atoms with Crippen LogP contribution in [0, 0.1) is 6.57 Å². The number of hydrogen-bond acceptors (Lipinski definition) is 2. The van der Waals surface area contributed by atoms with Gasteiger partial charge in [0.2, 0.25) is 6.54 Å². The first kappa shape index (κ1) is 14.3. The largest absolute Gasteiger partial charge is 0.444 e. The van der Waals surface area contributed by atoms with Crippen LogP contribution in [0.5, 0.6) is 0 Å². The fraction of sp³-hybridized carbons (Fsp3) is 0.385. The molecule has 0 aliphatic rings. The van der Waals surface area contributed by atoms with E-state index in [2.05, 4.69) is 10.2 Å². The molecular weight excluding hydrogens is 252 g/mol. The number of ether oxygens (including phenoxy) is 1. The van der Waals surface area contributed by atoms with Crippen LogP contribution in [0.25, 0.3) is 4.85 Å². The lowest BCUT2D eigenvalue weighted by atomic mass is 10.2. The highest BCUT2D eigenvalue weighted by molar-refractivity contribution is 6.31. The molecule has 0 aliphatic carbocycles. The Bertz CT molecular complexity index is 487. The van der Waals surface area contributed by atoms with E-state index in [1.54, 1.807) is 39.0 Å². The number of nitrogens with one attached hydrogen (secondary N) is 1. The van der Waals surface area contributed by atoms with E-state index in [0.717, 1.165) is 5.56 Å². The predicted octanol–water partition coefficient (Wildman–Crippen LogP) is 4.11. The molecule has 1 aromatic rings. The number of carbonyl (C=O) groups excluding carboxylic acids is 1. The lowest BCUT2D eigenvalue weighted by Gasteiger charge is -2.19. The highest BCUT2D eigenvalue weighted by atomic mass is 35.5. The summed E-state index contributed by atoms with van der Waals surface area (Å²) in [6.07, 6.45) is -0.531. The first-order chi connectivity index (χ1) is 8.31. The van der Waals surface area contributed by atoms with Crippen molar-refractivity contribution < 1.29 is 9.53 Å². The van der Waals surface area contributed by atoms with Gasteiger partial charge in [-0.15, -0.1) is 0 Å². The second kappa shape index (κ2) is 5.74. The lowest BCUT2D eigenvalue weighted by molar-refractivity contribution is 0.0636. The third-order valence-corrected chi connectivity index (χ3v) is 2.30. The van der Waals surface area contributed by atoms with Crippen LogP contribution in [0.3, 0.4) is 0 Å². The molecule has 5 heteroatoms. The zero-order valence-electron chi connectivity index (χ0n) is 10.6. The Hall–Kier alpha value is -1.73. The molecule has 0 spiro atoms. The summed E-state index contributed by atoms with van der Waals surface area (Å²) in [7, 11) is 0. The highest BCUT2D eigenvalue weighted by Crippen LogP contribution is 2.22. The fourth-order valence-electron chi connectivity index (χ4n) is 1.26. The molecule has 4 nitrogen and oxygen atoms in total. The van der Waals surface area contributed by atoms with Crippen LogP contribution in [0.1, 0.15) is 26.3 Å². The van der Waals surface area contributed by atoms with Gasteiger partial charge < -0.3 is 9.58 Å². The normalized spacial score (nSPS) is 10.6. The molecule has 1 N–H and O–H groups in total. The molecule has 0 heterocycles. The van der Waals surface area contributed by atoms with Crippen LogP contribution in [0.15, 0.2) is 18.2 Å². The van der Waals surface area contributed by atoms with Gasteiger partial charge in [-0.2, -0.15) is 0 Å². The topological polar surface area (TPSA) is 42.7 Å². The van der Waals surface area contributed by atoms with Gasteiger partial charge in [0.1, 0.15) is 5.60 Å². The molecule has 1 aromatic carbocycles. The van der Waals surface area contributed by atoms with E-state index in [9.17, 15) is 4.79 Å². The molecule has 0 aromatic heterocycles. The van der Waals surface area contributed by atoms with E-state index < -0.39 is 11.7 Å². The molecule has 96 valence electrons. The molecule has 1 rings (SSSR count). The molecule has 1 amide bonds. The standard InChI is InChI=1S/C13H15ClN2O2/c1-13(2,3)18-12(17)16-10-6-5-9(8-15-4)11(14)7-10/h5-7H,8H2,1-3H3,(H,16,17). The smallest absolute Gasteiger partial charge is 0.412 e. The Morgan fingerprint density at radius 1 is 1.50 bits per heavy atom. The second-order valence-electron chi connectivity index (χ2n) is 4.75. The van der Waals surface area contributed by atoms with Gasteiger partial charge in [-0.25, -0.2) is 11.4 Å². The molecule has 0 radical (unpaired) electrons. The van der Waals surface area contributed by atoms with Gasteiger partial charge >= 0.3 is 6.09 Å². The van der Waals surface area contributed by atoms with E-state index in [-0.39, 0.29) is 6.54 Å². The third kappa shape index (κ3) is 4.64. The van der Waals surface area contributed by atoms with Gasteiger partial charge in [-0.1, -0.05) is 11.6 Å². The first-order valence-corrected chi connectivity index (χ1v) is 5.81. The molecule has 18 heavy (non-hydrogen) atoms. The highest BCUT2D eigenvalue weighted by Gasteiger charge is 2.16. The van der Waals surface area contributed by atoms with Gasteiger partial charge in [-0.05, 0) is 39.0 Å². The van der Waals surface area contributed by atoms with Crippen LogP contribution in [0.4, 0.5) is 10.5 Å². The molecule has 0 bridgehead atoms. The summed E-state index contributed by atoms with van der Waals surface area (Å²) in [4.78, 5) is 14.8. The number of benzene rings is 1. The summed E-state index contributed by atoms with van der Waals surface area (Å²) in [6.45, 7) is 12.4. The summed E-state index contributed by atoms with van der Waals surface area (Å²) in [6, 6.07) is 5.01. The summed E-state index contributed by atoms with van der Waals surface area (Å²) < 4.78 is 5.12. The van der Waals surface area contributed by atoms with Crippen molar-refractivity contribution in [1.82, 2.24) is 0 Å². The maximum Gasteiger partial charge on any atom is 0.412 e. The molecule has 0 saturated carbocycles. The minimum absolute atomic E-state index is 0.228. The van der Waals surface area contributed by atoms with Crippen molar-refractivity contribution in [1.29, 1.82) is 0 Å². The van der Waals surface area contributed by atoms with Crippen molar-refractivity contribution in [2.24, 2.45) is 0 Å². The number of anilines is 1. The Morgan fingerprint density at radius 2 is 2.17 bits per heavy atom. The van der Waals surface area contributed by atoms with Gasteiger partial charge in [-0.3, -0.25) is 5.32 Å². The quantitative estimate of drug-likeness (QED) is 0.819. The maximum atomic E-state index is 11.5. The number of carbonyl (C=O) groups is 1. The molecule has 0 saturated heterocycles. The van der Waals surface area contributed by atoms with E-state index in [1.807, 2.05) is 0 Å². The van der Waals surface area contributed by atoms with Gasteiger partial charge in [0.25, 0.3) is 0 Å². The summed E-state index contributed by atoms with van der Waals surface area (Å²) in [5.74, 6) is 0. The van der Waals surface area contributed by atoms with Crippen LogP contribution >= 0.6 is 11.6 Å². The van der Waals surface area contributed by atoms with E-state index in [0.29, 0.717) is 10.7 Å². The van der Waals surface area contributed by atoms with E-state index in [4.69, 9.17) is 22.9 Å². The summed E-state index contributed by atoms with van der Waals surface area (Å²) in [5, 5.41) is 3.04. The fourth-order valence-corrected chi connectivity index (χ4v) is 1.50. The molecular formula is C13H15ClN2O2. The van der Waals surface area contributed by atoms with E-state index in [1.165, 1.54) is 0 Å². The maximum absolute atomic E-state index is 11.5. The molecule has 0 fully saturated rings. The first-order valence-electron chi connectivity index (χ1n) is 5.43. The predicted molar refractivity (Wildman–Crippen MR) is 71.6 cm³/mol. The average molecular weight is 267 g/mol. The Labute approximate surface area is 112 Å². The zero-order valence-corrected chi connectivity index (χ0v) is 11.3. The number of halogens is 1. The Kier molecular flexibility index (Phi) is 4.57. The summed E-state index contributed by atoms with van der Waals surface area (Å²) in [5.41, 5.74) is 0.738. The number of amides is 1. The van der Waals surface area contributed by atoms with Gasteiger partial charge in [0.05, 0.1) is 5.02 Å². The van der Waals surface area contributed by atoms with Crippen LogP contribution in [0.2, 0.25) is 5.02 Å². The number of nitrogens with zero attached hydrogens (tertiary/aromatic N) is 1. The SMILES string of the molecule is [C-]#[N+]Cc1ccc(NC(=O)OC(C)(C)C)cc1Cl. The Morgan fingerprint density at radius 3 is 2.67 bits per heavy atom. The van der Waals surface area contributed by atoms with Crippen molar-refractivity contribution >= 4 is 23.4 Å². The van der Waals surface area contributed by atoms with Crippen molar-refractivity contribution in [3.8, 4) is 0 Å². The van der Waals surface area contributed by atoms with Crippen LogP contribution in [-0.2, 0) is 11.3 Å². The van der Waals surface area contributed by atoms with Gasteiger partial charge in [0.15, 0.2) is 0 Å². The lowest BCUT2D eigenvalue weighted by Crippen LogP contribution is -2.27. The number of rotatable bonds is 2. The van der Waals surface area contributed by atoms with E-state index >= 15 is 0 Å². The minimum atomic E-state index is -0.544. The monoisotopic (exact) mass is 266 g/mol. The minimum Gasteiger partial charge on any atom is -0.444 e. The Balaban J connectivity index is 2.72. The van der Waals surface area contributed by atoms with Crippen molar-refractivity contribution in [2.45, 2.75) is 32.9 Å². The van der Waals surface area contributed by atoms with Crippen molar-refractivity contribution in [3.63, 3.8) is 0 Å². The van der Waals surface area contributed by atoms with Crippen LogP contribution in [-0.4, -0.2) is 11.7 Å². The second-order valence-corrected chi connectivity index (χ2v) is 5.16. The number of hydrogen-bond donors (Lipinski definition) is 1. The molecule has 0 unspecified atom stereocenters. The third-order valence-electron chi connectivity index (χ3n) is 1.95. The summed E-state index contributed by atoms with van der Waals surface area (Å²) >= 11 is 5.99. The van der Waals surface area contributed by atoms with Crippen LogP contribution < -0.4 is 5.32 Å². The molecule has 0 atom stereocenters. The molecule has 0 aliphatic heterocycles. The zero-order chi connectivity index (χ0) is 13.8. The van der Waals surface area contributed by atoms with Gasteiger partial charge in [0, 0.05) is 11.3 Å². The van der Waals surface area contributed by atoms with Crippen molar-refractivity contribution in [3.05, 3.63) is 40.2 Å².